The van der Waals surface area contributed by atoms with Gasteiger partial charge in [-0.1, -0.05) is 0 Å². The molecule has 1 atom stereocenters. The largest absolute Gasteiger partial charge is 0.573 e. The normalized spacial score (nSPS) is 12.7. The molecule has 1 unspecified atom stereocenters. The van der Waals surface area contributed by atoms with Crippen molar-refractivity contribution < 1.29 is 31.8 Å². The van der Waals surface area contributed by atoms with Crippen molar-refractivity contribution in [3.8, 4) is 5.75 Å². The van der Waals surface area contributed by atoms with Gasteiger partial charge in [0, 0.05) is 23.4 Å². The van der Waals surface area contributed by atoms with Crippen molar-refractivity contribution in [1.29, 1.82) is 0 Å². The molecule has 2 aromatic heterocycles. The summed E-state index contributed by atoms with van der Waals surface area (Å²) in [5.41, 5.74) is 0.302. The molecule has 0 saturated carbocycles. The fourth-order valence-electron chi connectivity index (χ4n) is 2.66. The molecule has 29 heavy (non-hydrogen) atoms. The van der Waals surface area contributed by atoms with Crippen LogP contribution in [-0.2, 0) is 9.53 Å². The van der Waals surface area contributed by atoms with Crippen LogP contribution < -0.4 is 10.1 Å². The van der Waals surface area contributed by atoms with Crippen molar-refractivity contribution in [3.05, 3.63) is 47.2 Å². The zero-order valence-corrected chi connectivity index (χ0v) is 15.4. The van der Waals surface area contributed by atoms with Crippen LogP contribution in [0.25, 0.3) is 5.78 Å². The Morgan fingerprint density at radius 3 is 2.55 bits per heavy atom. The molecule has 2 heterocycles. The monoisotopic (exact) mass is 413 g/mol. The summed E-state index contributed by atoms with van der Waals surface area (Å²) < 4.78 is 61.3. The highest BCUT2D eigenvalue weighted by atomic mass is 19.4. The molecular formula is C17H15F4N5O3. The van der Waals surface area contributed by atoms with Crippen LogP contribution in [0.5, 0.6) is 5.75 Å². The standard InChI is InChI=1S/C17H15F4N5O3/c1-8-6-13(26-16(22-8)23-9(2)25-26)24-14(15(27)28-3)11-5-4-10(7-12(11)18)29-17(19,20)21/h4-7,14,24H,1-3H3. The number of methoxy groups -OCH3 is 1. The van der Waals surface area contributed by atoms with Crippen LogP contribution in [-0.4, -0.2) is 39.0 Å². The van der Waals surface area contributed by atoms with E-state index in [0.717, 1.165) is 19.2 Å². The van der Waals surface area contributed by atoms with Crippen molar-refractivity contribution >= 4 is 17.6 Å². The summed E-state index contributed by atoms with van der Waals surface area (Å²) in [6.45, 7) is 3.33. The Hall–Kier alpha value is -3.44. The molecule has 0 radical (unpaired) electrons. The number of nitrogens with one attached hydrogen (secondary N) is 1. The predicted molar refractivity (Wildman–Crippen MR) is 91.7 cm³/mol. The number of ether oxygens (including phenoxy) is 2. The highest BCUT2D eigenvalue weighted by molar-refractivity contribution is 5.81. The van der Waals surface area contributed by atoms with Gasteiger partial charge in [0.05, 0.1) is 7.11 Å². The summed E-state index contributed by atoms with van der Waals surface area (Å²) in [6.07, 6.45) is -4.97. The average molecular weight is 413 g/mol. The molecule has 0 aliphatic carbocycles. The smallest absolute Gasteiger partial charge is 0.467 e. The molecule has 12 heteroatoms. The molecule has 0 saturated heterocycles. The lowest BCUT2D eigenvalue weighted by Crippen LogP contribution is -2.25. The molecule has 1 aromatic carbocycles. The minimum absolute atomic E-state index is 0.245. The minimum atomic E-state index is -4.97. The molecule has 0 amide bonds. The van der Waals surface area contributed by atoms with E-state index in [0.29, 0.717) is 17.6 Å². The molecular weight excluding hydrogens is 398 g/mol. The first kappa shape index (κ1) is 20.3. The number of halogens is 4. The number of hydrogen-bond acceptors (Lipinski definition) is 7. The van der Waals surface area contributed by atoms with Gasteiger partial charge in [-0.05, 0) is 26.0 Å². The Labute approximate surface area is 161 Å². The first-order valence-electron chi connectivity index (χ1n) is 8.18. The SMILES string of the molecule is COC(=O)C(Nc1cc(C)nc2nc(C)nn12)c1ccc(OC(F)(F)F)cc1F. The van der Waals surface area contributed by atoms with Crippen molar-refractivity contribution in [2.24, 2.45) is 0 Å². The van der Waals surface area contributed by atoms with E-state index in [1.165, 1.54) is 4.52 Å². The lowest BCUT2D eigenvalue weighted by atomic mass is 10.1. The maximum Gasteiger partial charge on any atom is 0.573 e. The number of benzene rings is 1. The quantitative estimate of drug-likeness (QED) is 0.508. The molecule has 3 aromatic rings. The molecule has 0 aliphatic rings. The van der Waals surface area contributed by atoms with E-state index < -0.39 is 29.9 Å². The molecule has 3 rings (SSSR count). The first-order valence-corrected chi connectivity index (χ1v) is 8.18. The molecule has 8 nitrogen and oxygen atoms in total. The number of aryl methyl sites for hydroxylation is 2. The molecule has 0 bridgehead atoms. The number of hydrogen-bond donors (Lipinski definition) is 1. The summed E-state index contributed by atoms with van der Waals surface area (Å²) in [5, 5.41) is 6.95. The fourth-order valence-corrected chi connectivity index (χ4v) is 2.66. The zero-order chi connectivity index (χ0) is 21.3. The predicted octanol–water partition coefficient (Wildman–Crippen LogP) is 3.11. The second-order valence-electron chi connectivity index (χ2n) is 5.99. The number of aromatic nitrogens is 4. The zero-order valence-electron chi connectivity index (χ0n) is 15.4. The van der Waals surface area contributed by atoms with Crippen LogP contribution in [0.1, 0.15) is 23.1 Å². The summed E-state index contributed by atoms with van der Waals surface area (Å²) in [6, 6.07) is 2.61. The minimum Gasteiger partial charge on any atom is -0.467 e. The Balaban J connectivity index is 2.01. The van der Waals surface area contributed by atoms with E-state index in [4.69, 9.17) is 4.74 Å². The van der Waals surface area contributed by atoms with Gasteiger partial charge in [0.25, 0.3) is 5.78 Å². The number of fused-ring (bicyclic) bond motifs is 1. The molecule has 1 N–H and O–H groups in total. The van der Waals surface area contributed by atoms with Crippen LogP contribution in [0.4, 0.5) is 23.4 Å². The summed E-state index contributed by atoms with van der Waals surface area (Å²) >= 11 is 0. The van der Waals surface area contributed by atoms with Gasteiger partial charge >= 0.3 is 12.3 Å². The van der Waals surface area contributed by atoms with E-state index in [2.05, 4.69) is 25.1 Å². The second kappa shape index (κ2) is 7.53. The van der Waals surface area contributed by atoms with Crippen molar-refractivity contribution in [1.82, 2.24) is 19.6 Å². The van der Waals surface area contributed by atoms with Crippen LogP contribution in [0.3, 0.4) is 0 Å². The number of anilines is 1. The average Bonchev–Trinajstić information content (AvgIpc) is 2.98. The van der Waals surface area contributed by atoms with Crippen molar-refractivity contribution in [3.63, 3.8) is 0 Å². The lowest BCUT2D eigenvalue weighted by Gasteiger charge is -2.19. The van der Waals surface area contributed by atoms with E-state index in [1.54, 1.807) is 19.9 Å². The molecule has 0 spiro atoms. The molecule has 0 aliphatic heterocycles. The van der Waals surface area contributed by atoms with E-state index in [1.807, 2.05) is 0 Å². The summed E-state index contributed by atoms with van der Waals surface area (Å²) in [4.78, 5) is 20.6. The topological polar surface area (TPSA) is 90.6 Å². The molecule has 154 valence electrons. The van der Waals surface area contributed by atoms with Crippen LogP contribution in [0.2, 0.25) is 0 Å². The van der Waals surface area contributed by atoms with Gasteiger partial charge in [-0.2, -0.15) is 9.50 Å². The third-order valence-electron chi connectivity index (χ3n) is 3.79. The Bertz CT molecular complexity index is 1070. The lowest BCUT2D eigenvalue weighted by molar-refractivity contribution is -0.274. The van der Waals surface area contributed by atoms with Crippen molar-refractivity contribution in [2.75, 3.05) is 12.4 Å². The maximum atomic E-state index is 14.5. The van der Waals surface area contributed by atoms with Gasteiger partial charge in [0.15, 0.2) is 6.04 Å². The first-order chi connectivity index (χ1) is 13.6. The highest BCUT2D eigenvalue weighted by Crippen LogP contribution is 2.29. The van der Waals surface area contributed by atoms with Gasteiger partial charge < -0.3 is 14.8 Å². The maximum absolute atomic E-state index is 14.5. The number of carbonyl (C=O) groups excluding carboxylic acids is 1. The second-order valence-corrected chi connectivity index (χ2v) is 5.99. The van der Waals surface area contributed by atoms with Crippen molar-refractivity contribution in [2.45, 2.75) is 26.3 Å². The Morgan fingerprint density at radius 2 is 1.93 bits per heavy atom. The number of esters is 1. The number of nitrogens with zero attached hydrogens (tertiary/aromatic N) is 4. The Kier molecular flexibility index (Phi) is 5.27. The summed E-state index contributed by atoms with van der Waals surface area (Å²) in [5.74, 6) is -1.78. The van der Waals surface area contributed by atoms with Gasteiger partial charge in [-0.15, -0.1) is 18.3 Å². The van der Waals surface area contributed by atoms with Gasteiger partial charge in [-0.3, -0.25) is 0 Å². The Morgan fingerprint density at radius 1 is 1.21 bits per heavy atom. The van der Waals surface area contributed by atoms with Crippen LogP contribution in [0, 0.1) is 19.7 Å². The number of rotatable bonds is 5. The van der Waals surface area contributed by atoms with E-state index in [9.17, 15) is 22.4 Å². The van der Waals surface area contributed by atoms with E-state index in [-0.39, 0.29) is 17.2 Å². The highest BCUT2D eigenvalue weighted by Gasteiger charge is 2.32. The van der Waals surface area contributed by atoms with Gasteiger partial charge in [0.2, 0.25) is 0 Å². The fraction of sp³-hybridized carbons (Fsp3) is 0.294. The third kappa shape index (κ3) is 4.52. The number of alkyl halides is 3. The summed E-state index contributed by atoms with van der Waals surface area (Å²) in [7, 11) is 1.10. The van der Waals surface area contributed by atoms with Crippen LogP contribution >= 0.6 is 0 Å². The van der Waals surface area contributed by atoms with Crippen LogP contribution in [0.15, 0.2) is 24.3 Å². The van der Waals surface area contributed by atoms with Gasteiger partial charge in [-0.25, -0.2) is 14.2 Å². The van der Waals surface area contributed by atoms with E-state index >= 15 is 0 Å². The third-order valence-corrected chi connectivity index (χ3v) is 3.79. The molecule has 0 fully saturated rings. The number of carbonyl (C=O) groups is 1. The van der Waals surface area contributed by atoms with Gasteiger partial charge in [0.1, 0.15) is 23.2 Å².